The summed E-state index contributed by atoms with van der Waals surface area (Å²) in [6.45, 7) is 0. The molecule has 3 aromatic rings. The average molecular weight is 346 g/mol. The summed E-state index contributed by atoms with van der Waals surface area (Å²) in [6, 6.07) is 17.0. The second-order valence-corrected chi connectivity index (χ2v) is 5.40. The minimum absolute atomic E-state index is 0.000308. The lowest BCUT2D eigenvalue weighted by Crippen LogP contribution is -1.99. The molecule has 0 fully saturated rings. The van der Waals surface area contributed by atoms with Crippen molar-refractivity contribution in [3.05, 3.63) is 66.1 Å². The maximum Gasteiger partial charge on any atom is 0.307 e. The molecule has 26 heavy (non-hydrogen) atoms. The van der Waals surface area contributed by atoms with Crippen molar-refractivity contribution in [1.29, 1.82) is 5.26 Å². The summed E-state index contributed by atoms with van der Waals surface area (Å²) in [6.07, 6.45) is 1.51. The van der Waals surface area contributed by atoms with Gasteiger partial charge in [-0.25, -0.2) is 0 Å². The fourth-order valence-electron chi connectivity index (χ4n) is 2.36. The number of rotatable bonds is 6. The number of hydrogen-bond donors (Lipinski definition) is 3. The molecule has 8 nitrogen and oxygen atoms in total. The first-order valence-electron chi connectivity index (χ1n) is 7.67. The smallest absolute Gasteiger partial charge is 0.307 e. The topological polar surface area (TPSA) is 128 Å². The first-order chi connectivity index (χ1) is 12.7. The number of carbonyl (C=O) groups is 1. The van der Waals surface area contributed by atoms with Gasteiger partial charge in [0.15, 0.2) is 0 Å². The molecule has 3 rings (SSSR count). The second kappa shape index (κ2) is 7.72. The molecule has 3 N–H and O–H groups in total. The summed E-state index contributed by atoms with van der Waals surface area (Å²) in [4.78, 5) is 10.8. The van der Waals surface area contributed by atoms with Gasteiger partial charge in [0.05, 0.1) is 6.42 Å². The molecule has 0 atom stereocenters. The maximum absolute atomic E-state index is 10.8. The van der Waals surface area contributed by atoms with Crippen LogP contribution >= 0.6 is 0 Å². The van der Waals surface area contributed by atoms with Crippen LogP contribution in [0.15, 0.2) is 54.7 Å². The molecule has 0 amide bonds. The number of H-pyrrole nitrogens is 1. The van der Waals surface area contributed by atoms with E-state index in [0.29, 0.717) is 0 Å². The lowest BCUT2D eigenvalue weighted by atomic mass is 10.0. The molecule has 0 spiro atoms. The summed E-state index contributed by atoms with van der Waals surface area (Å²) in [5.74, 6) is -0.643. The van der Waals surface area contributed by atoms with Crippen LogP contribution in [0.5, 0.6) is 0 Å². The summed E-state index contributed by atoms with van der Waals surface area (Å²) in [7, 11) is 0. The van der Waals surface area contributed by atoms with Gasteiger partial charge in [-0.05, 0) is 34.0 Å². The van der Waals surface area contributed by atoms with E-state index in [2.05, 4.69) is 25.9 Å². The van der Waals surface area contributed by atoms with Gasteiger partial charge in [-0.3, -0.25) is 4.79 Å². The number of benzene rings is 2. The minimum Gasteiger partial charge on any atom is -0.481 e. The fraction of sp³-hybridized carbons (Fsp3) is 0.0556. The van der Waals surface area contributed by atoms with Crippen molar-refractivity contribution >= 4 is 17.2 Å². The van der Waals surface area contributed by atoms with E-state index in [4.69, 9.17) is 5.11 Å². The van der Waals surface area contributed by atoms with Crippen molar-refractivity contribution in [2.24, 2.45) is 0 Å². The first-order valence-corrected chi connectivity index (χ1v) is 7.67. The van der Waals surface area contributed by atoms with Gasteiger partial charge in [0, 0.05) is 11.9 Å². The molecule has 0 aliphatic carbocycles. The number of nitrogens with one attached hydrogen (secondary N) is 2. The number of aromatic amines is 1. The Balaban J connectivity index is 1.78. The highest BCUT2D eigenvalue weighted by Crippen LogP contribution is 2.23. The van der Waals surface area contributed by atoms with E-state index in [1.54, 1.807) is 12.1 Å². The monoisotopic (exact) mass is 346 g/mol. The van der Waals surface area contributed by atoms with Gasteiger partial charge in [0.25, 0.3) is 0 Å². The number of allylic oxidation sites excluding steroid dienone is 1. The molecule has 0 saturated heterocycles. The minimum atomic E-state index is -0.856. The molecule has 0 bridgehead atoms. The van der Waals surface area contributed by atoms with Crippen molar-refractivity contribution < 1.29 is 9.90 Å². The van der Waals surface area contributed by atoms with Gasteiger partial charge in [0.1, 0.15) is 11.6 Å². The van der Waals surface area contributed by atoms with Gasteiger partial charge < -0.3 is 10.4 Å². The van der Waals surface area contributed by atoms with Crippen LogP contribution in [-0.2, 0) is 11.2 Å². The number of nitrogens with zero attached hydrogens (tertiary/aromatic N) is 4. The Labute approximate surface area is 148 Å². The molecule has 8 heteroatoms. The van der Waals surface area contributed by atoms with Crippen molar-refractivity contribution in [1.82, 2.24) is 20.6 Å². The van der Waals surface area contributed by atoms with E-state index >= 15 is 0 Å². The van der Waals surface area contributed by atoms with Crippen LogP contribution in [0, 0.1) is 11.3 Å². The SMILES string of the molecule is N#CC(=CNc1cccc(-c2ccc(CC(=O)O)cc2)c1)c1nn[nH]n1. The number of nitriles is 1. The second-order valence-electron chi connectivity index (χ2n) is 5.40. The highest BCUT2D eigenvalue weighted by Gasteiger charge is 2.06. The lowest BCUT2D eigenvalue weighted by Gasteiger charge is -2.07. The molecule has 0 aliphatic rings. The number of hydrogen-bond acceptors (Lipinski definition) is 6. The summed E-state index contributed by atoms with van der Waals surface area (Å²) < 4.78 is 0. The van der Waals surface area contributed by atoms with Crippen molar-refractivity contribution in [3.63, 3.8) is 0 Å². The number of anilines is 1. The Morgan fingerprint density at radius 2 is 2.04 bits per heavy atom. The van der Waals surface area contributed by atoms with E-state index < -0.39 is 5.97 Å². The van der Waals surface area contributed by atoms with E-state index in [1.807, 2.05) is 42.5 Å². The number of aliphatic carboxylic acids is 1. The molecule has 0 aliphatic heterocycles. The van der Waals surface area contributed by atoms with Crippen LogP contribution in [0.2, 0.25) is 0 Å². The van der Waals surface area contributed by atoms with Crippen LogP contribution in [0.1, 0.15) is 11.4 Å². The van der Waals surface area contributed by atoms with Crippen LogP contribution in [0.25, 0.3) is 16.7 Å². The molecule has 0 saturated carbocycles. The molecule has 0 radical (unpaired) electrons. The quantitative estimate of drug-likeness (QED) is 0.585. The van der Waals surface area contributed by atoms with Gasteiger partial charge in [-0.1, -0.05) is 36.4 Å². The first kappa shape index (κ1) is 16.9. The number of carboxylic acid groups (broad SMARTS) is 1. The Kier molecular flexibility index (Phi) is 5.00. The van der Waals surface area contributed by atoms with Gasteiger partial charge in [-0.15, -0.1) is 10.2 Å². The highest BCUT2D eigenvalue weighted by atomic mass is 16.4. The van der Waals surface area contributed by atoms with Crippen LogP contribution in [0.3, 0.4) is 0 Å². The van der Waals surface area contributed by atoms with Gasteiger partial charge >= 0.3 is 5.97 Å². The molecule has 2 aromatic carbocycles. The third kappa shape index (κ3) is 4.10. The summed E-state index contributed by atoms with van der Waals surface area (Å²) in [5.41, 5.74) is 3.71. The van der Waals surface area contributed by atoms with Crippen LogP contribution < -0.4 is 5.32 Å². The zero-order chi connectivity index (χ0) is 18.4. The predicted octanol–water partition coefficient (Wildman–Crippen LogP) is 2.47. The van der Waals surface area contributed by atoms with E-state index in [0.717, 1.165) is 22.4 Å². The van der Waals surface area contributed by atoms with Gasteiger partial charge in [-0.2, -0.15) is 10.5 Å². The normalized spacial score (nSPS) is 11.0. The molecule has 1 heterocycles. The van der Waals surface area contributed by atoms with Crippen molar-refractivity contribution in [3.8, 4) is 17.2 Å². The fourth-order valence-corrected chi connectivity index (χ4v) is 2.36. The number of tetrazole rings is 1. The maximum atomic E-state index is 10.8. The molecule has 0 unspecified atom stereocenters. The molecular formula is C18H14N6O2. The Bertz CT molecular complexity index is 972. The summed E-state index contributed by atoms with van der Waals surface area (Å²) >= 11 is 0. The third-order valence-electron chi connectivity index (χ3n) is 3.60. The van der Waals surface area contributed by atoms with E-state index in [9.17, 15) is 10.1 Å². The molecular weight excluding hydrogens is 332 g/mol. The Hall–Kier alpha value is -3.99. The van der Waals surface area contributed by atoms with E-state index in [1.165, 1.54) is 6.20 Å². The average Bonchev–Trinajstić information content (AvgIpc) is 3.17. The van der Waals surface area contributed by atoms with Crippen LogP contribution in [-0.4, -0.2) is 31.7 Å². The Morgan fingerprint density at radius 1 is 1.23 bits per heavy atom. The third-order valence-corrected chi connectivity index (χ3v) is 3.60. The Morgan fingerprint density at radius 3 is 2.69 bits per heavy atom. The number of aromatic nitrogens is 4. The largest absolute Gasteiger partial charge is 0.481 e. The van der Waals surface area contributed by atoms with E-state index in [-0.39, 0.29) is 17.8 Å². The predicted molar refractivity (Wildman–Crippen MR) is 94.6 cm³/mol. The van der Waals surface area contributed by atoms with Crippen LogP contribution in [0.4, 0.5) is 5.69 Å². The van der Waals surface area contributed by atoms with Gasteiger partial charge in [0.2, 0.25) is 5.82 Å². The summed E-state index contributed by atoms with van der Waals surface area (Å²) in [5, 5.41) is 34.3. The standard InChI is InChI=1S/C18H14N6O2/c19-10-15(18-21-23-24-22-18)11-20-16-3-1-2-14(9-16)13-6-4-12(5-7-13)8-17(25)26/h1-7,9,11,20H,8H2,(H,25,26)(H,21,22,23,24). The number of carboxylic acids is 1. The van der Waals surface area contributed by atoms with Crippen molar-refractivity contribution in [2.75, 3.05) is 5.32 Å². The molecule has 128 valence electrons. The highest BCUT2D eigenvalue weighted by molar-refractivity contribution is 5.75. The zero-order valence-corrected chi connectivity index (χ0v) is 13.5. The van der Waals surface area contributed by atoms with Crippen molar-refractivity contribution in [2.45, 2.75) is 6.42 Å². The zero-order valence-electron chi connectivity index (χ0n) is 13.5. The molecule has 1 aromatic heterocycles. The lowest BCUT2D eigenvalue weighted by molar-refractivity contribution is -0.136.